The van der Waals surface area contributed by atoms with Crippen molar-refractivity contribution in [2.45, 2.75) is 25.3 Å². The molecule has 1 aliphatic rings. The van der Waals surface area contributed by atoms with Crippen LogP contribution in [0.2, 0.25) is 0 Å². The quantitative estimate of drug-likeness (QED) is 0.780. The Bertz CT molecular complexity index is 916. The fourth-order valence-corrected chi connectivity index (χ4v) is 2.69. The average Bonchev–Trinajstić information content (AvgIpc) is 2.88. The molecule has 2 N–H and O–H groups in total. The molecule has 1 atom stereocenters. The summed E-state index contributed by atoms with van der Waals surface area (Å²) in [5, 5.41) is 3.26. The third-order valence-electron chi connectivity index (χ3n) is 4.21. The highest BCUT2D eigenvalue weighted by Crippen LogP contribution is 2.34. The van der Waals surface area contributed by atoms with Gasteiger partial charge in [-0.05, 0) is 30.7 Å². The maximum Gasteiger partial charge on any atom is 0.440 e. The molecule has 1 fully saturated rings. The van der Waals surface area contributed by atoms with Crippen LogP contribution in [-0.2, 0) is 11.3 Å². The smallest absolute Gasteiger partial charge is 0.314 e. The topological polar surface area (TPSA) is 91.4 Å². The number of alkyl halides is 3. The van der Waals surface area contributed by atoms with Crippen LogP contribution in [0.15, 0.2) is 48.8 Å². The molecule has 0 saturated carbocycles. The summed E-state index contributed by atoms with van der Waals surface area (Å²) in [6.45, 7) is 1.33. The van der Waals surface area contributed by atoms with Crippen molar-refractivity contribution in [1.82, 2.24) is 20.5 Å². The second kappa shape index (κ2) is 6.95. The molecule has 0 spiro atoms. The van der Waals surface area contributed by atoms with Crippen LogP contribution in [0.3, 0.4) is 0 Å². The van der Waals surface area contributed by atoms with Gasteiger partial charge in [0.2, 0.25) is 0 Å². The Kier molecular flexibility index (Phi) is 4.80. The number of hydrogen-bond acceptors (Lipinski definition) is 4. The fraction of sp³-hybridized carbons (Fsp3) is 0.222. The Hall–Kier alpha value is -3.43. The molecule has 2 aromatic rings. The number of benzene rings is 1. The summed E-state index contributed by atoms with van der Waals surface area (Å²) in [6.07, 6.45) is -2.50. The van der Waals surface area contributed by atoms with Crippen LogP contribution in [-0.4, -0.2) is 39.6 Å². The molecule has 7 nitrogen and oxygen atoms in total. The van der Waals surface area contributed by atoms with Gasteiger partial charge in [-0.15, -0.1) is 0 Å². The van der Waals surface area contributed by atoms with Crippen LogP contribution in [0.1, 0.15) is 21.5 Å². The lowest BCUT2D eigenvalue weighted by molar-refractivity contribution is -0.200. The van der Waals surface area contributed by atoms with Gasteiger partial charge in [0.05, 0.1) is 6.54 Å². The molecule has 1 aromatic carbocycles. The molecule has 3 rings (SSSR count). The van der Waals surface area contributed by atoms with E-state index in [1.807, 2.05) is 0 Å². The Morgan fingerprint density at radius 2 is 1.89 bits per heavy atom. The summed E-state index contributed by atoms with van der Waals surface area (Å²) in [6, 6.07) is 7.48. The number of amides is 4. The lowest BCUT2D eigenvalue weighted by atomic mass is 10.1. The van der Waals surface area contributed by atoms with E-state index >= 15 is 0 Å². The Morgan fingerprint density at radius 1 is 1.21 bits per heavy atom. The van der Waals surface area contributed by atoms with Crippen molar-refractivity contribution in [3.05, 3.63) is 65.5 Å². The van der Waals surface area contributed by atoms with E-state index in [0.29, 0.717) is 10.5 Å². The number of nitrogens with one attached hydrogen (secondary N) is 2. The monoisotopic (exact) mass is 392 g/mol. The minimum absolute atomic E-state index is 0.0815. The van der Waals surface area contributed by atoms with Gasteiger partial charge in [0.15, 0.2) is 0 Å². The van der Waals surface area contributed by atoms with E-state index in [1.54, 1.807) is 29.7 Å². The largest absolute Gasteiger partial charge is 0.440 e. The van der Waals surface area contributed by atoms with Gasteiger partial charge in [-0.3, -0.25) is 24.8 Å². The number of aromatic nitrogens is 1. The third-order valence-corrected chi connectivity index (χ3v) is 4.21. The van der Waals surface area contributed by atoms with Gasteiger partial charge in [-0.2, -0.15) is 13.2 Å². The first-order chi connectivity index (χ1) is 13.1. The van der Waals surface area contributed by atoms with E-state index in [4.69, 9.17) is 0 Å². The number of carbonyl (C=O) groups excluding carboxylic acids is 3. The van der Waals surface area contributed by atoms with Crippen molar-refractivity contribution in [1.29, 1.82) is 0 Å². The summed E-state index contributed by atoms with van der Waals surface area (Å²) >= 11 is 0. The van der Waals surface area contributed by atoms with Crippen LogP contribution in [0.4, 0.5) is 18.0 Å². The number of nitrogens with zero attached hydrogens (tertiary/aromatic N) is 2. The third kappa shape index (κ3) is 3.40. The number of halogens is 3. The Balaban J connectivity index is 1.91. The van der Waals surface area contributed by atoms with Crippen molar-refractivity contribution in [2.75, 3.05) is 0 Å². The zero-order valence-electron chi connectivity index (χ0n) is 14.6. The predicted octanol–water partition coefficient (Wildman–Crippen LogP) is 2.13. The molecule has 10 heteroatoms. The fourth-order valence-electron chi connectivity index (χ4n) is 2.69. The predicted molar refractivity (Wildman–Crippen MR) is 90.7 cm³/mol. The number of urea groups is 1. The van der Waals surface area contributed by atoms with Gasteiger partial charge < -0.3 is 5.32 Å². The molecular formula is C18H15F3N4O3. The number of rotatable bonds is 4. The maximum atomic E-state index is 13.8. The van der Waals surface area contributed by atoms with Gasteiger partial charge in [0.25, 0.3) is 17.5 Å². The second-order valence-electron chi connectivity index (χ2n) is 6.25. The number of aryl methyl sites for hydroxylation is 1. The van der Waals surface area contributed by atoms with Crippen molar-refractivity contribution in [3.63, 3.8) is 0 Å². The molecule has 1 aromatic heterocycles. The lowest BCUT2D eigenvalue weighted by Crippen LogP contribution is -2.69. The lowest BCUT2D eigenvalue weighted by Gasteiger charge is -2.29. The summed E-state index contributed by atoms with van der Waals surface area (Å²) < 4.78 is 41.4. The van der Waals surface area contributed by atoms with E-state index < -0.39 is 36.2 Å². The highest BCUT2D eigenvalue weighted by molar-refractivity contribution is 6.10. The summed E-state index contributed by atoms with van der Waals surface area (Å²) in [5.74, 6) is -2.76. The van der Waals surface area contributed by atoms with Gasteiger partial charge in [0, 0.05) is 18.0 Å². The second-order valence-corrected chi connectivity index (χ2v) is 6.25. The van der Waals surface area contributed by atoms with E-state index in [-0.39, 0.29) is 5.56 Å². The van der Waals surface area contributed by atoms with E-state index in [0.717, 1.165) is 5.56 Å². The van der Waals surface area contributed by atoms with Crippen LogP contribution in [0.25, 0.3) is 0 Å². The Morgan fingerprint density at radius 3 is 2.46 bits per heavy atom. The average molecular weight is 392 g/mol. The van der Waals surface area contributed by atoms with Crippen LogP contribution in [0.5, 0.6) is 0 Å². The van der Waals surface area contributed by atoms with Crippen LogP contribution >= 0.6 is 0 Å². The standard InChI is InChI=1S/C18H15F3N4O3/c1-11-4-6-13(7-5-11)14(26)23-17(18(19,20)21)15(27)25(16(28)24-17)10-12-3-2-8-22-9-12/h2-9H,10H2,1H3,(H,23,26)(H,24,28)/t17-/m1/s1. The Labute approximate surface area is 157 Å². The molecule has 4 amide bonds. The van der Waals surface area contributed by atoms with Gasteiger partial charge in [0.1, 0.15) is 0 Å². The minimum Gasteiger partial charge on any atom is -0.314 e. The van der Waals surface area contributed by atoms with Crippen molar-refractivity contribution >= 4 is 17.8 Å². The molecule has 1 aliphatic heterocycles. The van der Waals surface area contributed by atoms with Crippen LogP contribution < -0.4 is 10.6 Å². The van der Waals surface area contributed by atoms with Gasteiger partial charge in [-0.25, -0.2) is 4.79 Å². The molecule has 0 radical (unpaired) electrons. The zero-order chi connectivity index (χ0) is 20.5. The van der Waals surface area contributed by atoms with Crippen molar-refractivity contribution < 1.29 is 27.6 Å². The van der Waals surface area contributed by atoms with E-state index in [2.05, 4.69) is 4.98 Å². The van der Waals surface area contributed by atoms with Crippen molar-refractivity contribution in [3.8, 4) is 0 Å². The van der Waals surface area contributed by atoms with Gasteiger partial charge >= 0.3 is 12.2 Å². The normalized spacial score (nSPS) is 19.5. The number of hydrogen-bond donors (Lipinski definition) is 2. The first kappa shape index (κ1) is 19.3. The first-order valence-electron chi connectivity index (χ1n) is 8.13. The highest BCUT2D eigenvalue weighted by atomic mass is 19.4. The number of carbonyl (C=O) groups is 3. The maximum absolute atomic E-state index is 13.8. The molecule has 1 saturated heterocycles. The molecule has 28 heavy (non-hydrogen) atoms. The minimum atomic E-state index is -5.26. The molecular weight excluding hydrogens is 377 g/mol. The summed E-state index contributed by atoms with van der Waals surface area (Å²) in [7, 11) is 0. The highest BCUT2D eigenvalue weighted by Gasteiger charge is 2.68. The SMILES string of the molecule is Cc1ccc(C(=O)N[C@@]2(C(F)(F)F)NC(=O)N(Cc3cccnc3)C2=O)cc1. The molecule has 0 aliphatic carbocycles. The molecule has 0 unspecified atom stereocenters. The van der Waals surface area contributed by atoms with E-state index in [9.17, 15) is 27.6 Å². The first-order valence-corrected chi connectivity index (χ1v) is 8.13. The molecule has 2 heterocycles. The van der Waals surface area contributed by atoms with E-state index in [1.165, 1.54) is 36.7 Å². The zero-order valence-corrected chi connectivity index (χ0v) is 14.6. The summed E-state index contributed by atoms with van der Waals surface area (Å²) in [4.78, 5) is 41.3. The number of pyridine rings is 1. The van der Waals surface area contributed by atoms with Gasteiger partial charge in [-0.1, -0.05) is 23.8 Å². The van der Waals surface area contributed by atoms with Crippen LogP contribution in [0, 0.1) is 6.92 Å². The summed E-state index contributed by atoms with van der Waals surface area (Å²) in [5.41, 5.74) is -2.47. The van der Waals surface area contributed by atoms with Crippen molar-refractivity contribution in [2.24, 2.45) is 0 Å². The molecule has 146 valence electrons. The number of imide groups is 1. The molecule has 0 bridgehead atoms.